The van der Waals surface area contributed by atoms with Crippen LogP contribution >= 0.6 is 11.8 Å². The van der Waals surface area contributed by atoms with E-state index in [0.29, 0.717) is 0 Å². The molecule has 46 valence electrons. The summed E-state index contributed by atoms with van der Waals surface area (Å²) in [6, 6.07) is 0. The van der Waals surface area contributed by atoms with Crippen LogP contribution in [-0.2, 0) is 0 Å². The Labute approximate surface area is 55.4 Å². The Kier molecular flexibility index (Phi) is 2.01. The van der Waals surface area contributed by atoms with Crippen LogP contribution in [-0.4, -0.2) is 5.25 Å². The second-order valence-corrected chi connectivity index (χ2v) is 3.53. The Bertz CT molecular complexity index is 96.6. The van der Waals surface area contributed by atoms with Crippen molar-refractivity contribution in [2.45, 2.75) is 25.5 Å². The highest BCUT2D eigenvalue weighted by molar-refractivity contribution is 8.02. The van der Waals surface area contributed by atoms with Crippen LogP contribution in [0.4, 0.5) is 0 Å². The smallest absolute Gasteiger partial charge is 0.0123 e. The zero-order valence-electron chi connectivity index (χ0n) is 5.42. The van der Waals surface area contributed by atoms with E-state index in [1.807, 2.05) is 11.8 Å². The number of thioether (sulfide) groups is 1. The molecule has 0 amide bonds. The zero-order chi connectivity index (χ0) is 5.98. The van der Waals surface area contributed by atoms with Crippen LogP contribution in [0.25, 0.3) is 0 Å². The third-order valence-corrected chi connectivity index (χ3v) is 2.79. The van der Waals surface area contributed by atoms with Crippen LogP contribution < -0.4 is 0 Å². The SMILES string of the molecule is CCC1C=CSC1C. The van der Waals surface area contributed by atoms with Crippen molar-refractivity contribution in [3.05, 3.63) is 11.5 Å². The molecule has 2 atom stereocenters. The molecule has 1 aliphatic heterocycles. The maximum atomic E-state index is 2.31. The average Bonchev–Trinajstić information content (AvgIpc) is 2.14. The number of hydrogen-bond donors (Lipinski definition) is 0. The monoisotopic (exact) mass is 128 g/mol. The zero-order valence-corrected chi connectivity index (χ0v) is 6.24. The van der Waals surface area contributed by atoms with E-state index in [0.717, 1.165) is 11.2 Å². The third-order valence-electron chi connectivity index (χ3n) is 1.69. The molecule has 1 aliphatic rings. The molecule has 0 aromatic carbocycles. The van der Waals surface area contributed by atoms with Crippen LogP contribution in [0, 0.1) is 5.92 Å². The lowest BCUT2D eigenvalue weighted by atomic mass is 10.0. The molecule has 0 nitrogen and oxygen atoms in total. The molecular formula is C7H12S. The van der Waals surface area contributed by atoms with E-state index < -0.39 is 0 Å². The predicted octanol–water partition coefficient (Wildman–Crippen LogP) is 2.66. The topological polar surface area (TPSA) is 0 Å². The molecule has 0 radical (unpaired) electrons. The fraction of sp³-hybridized carbons (Fsp3) is 0.714. The number of hydrogen-bond acceptors (Lipinski definition) is 1. The van der Waals surface area contributed by atoms with Gasteiger partial charge in [-0.15, -0.1) is 11.8 Å². The Hall–Kier alpha value is 0.0900. The molecule has 0 saturated heterocycles. The van der Waals surface area contributed by atoms with Crippen molar-refractivity contribution in [1.82, 2.24) is 0 Å². The Balaban J connectivity index is 2.41. The van der Waals surface area contributed by atoms with Crippen LogP contribution in [0.15, 0.2) is 11.5 Å². The summed E-state index contributed by atoms with van der Waals surface area (Å²) in [6.07, 6.45) is 3.61. The average molecular weight is 128 g/mol. The summed E-state index contributed by atoms with van der Waals surface area (Å²) < 4.78 is 0. The van der Waals surface area contributed by atoms with Crippen molar-refractivity contribution in [1.29, 1.82) is 0 Å². The van der Waals surface area contributed by atoms with E-state index >= 15 is 0 Å². The lowest BCUT2D eigenvalue weighted by molar-refractivity contribution is 0.630. The Morgan fingerprint density at radius 2 is 2.38 bits per heavy atom. The molecule has 0 fully saturated rings. The lowest BCUT2D eigenvalue weighted by Crippen LogP contribution is -2.04. The molecular weight excluding hydrogens is 116 g/mol. The van der Waals surface area contributed by atoms with Gasteiger partial charge in [0.1, 0.15) is 0 Å². The van der Waals surface area contributed by atoms with Crippen molar-refractivity contribution >= 4 is 11.8 Å². The molecule has 1 rings (SSSR count). The molecule has 0 N–H and O–H groups in total. The van der Waals surface area contributed by atoms with Crippen LogP contribution in [0.3, 0.4) is 0 Å². The van der Waals surface area contributed by atoms with Crippen LogP contribution in [0.5, 0.6) is 0 Å². The molecule has 1 heterocycles. The summed E-state index contributed by atoms with van der Waals surface area (Å²) >= 11 is 1.95. The highest BCUT2D eigenvalue weighted by Gasteiger charge is 2.15. The van der Waals surface area contributed by atoms with Gasteiger partial charge in [0, 0.05) is 5.25 Å². The molecule has 0 saturated carbocycles. The number of allylic oxidation sites excluding steroid dienone is 1. The lowest BCUT2D eigenvalue weighted by Gasteiger charge is -2.08. The molecule has 0 aromatic rings. The first kappa shape index (κ1) is 6.21. The Morgan fingerprint density at radius 1 is 1.62 bits per heavy atom. The van der Waals surface area contributed by atoms with E-state index in [1.165, 1.54) is 6.42 Å². The first-order valence-corrected chi connectivity index (χ1v) is 4.11. The van der Waals surface area contributed by atoms with Gasteiger partial charge in [-0.05, 0) is 17.7 Å². The molecule has 0 bridgehead atoms. The summed E-state index contributed by atoms with van der Waals surface area (Å²) in [5, 5.41) is 3.05. The quantitative estimate of drug-likeness (QED) is 0.523. The Morgan fingerprint density at radius 3 is 2.62 bits per heavy atom. The minimum atomic E-state index is 0.833. The van der Waals surface area contributed by atoms with Gasteiger partial charge < -0.3 is 0 Å². The molecule has 2 unspecified atom stereocenters. The second-order valence-electron chi connectivity index (χ2n) is 2.24. The van der Waals surface area contributed by atoms with Gasteiger partial charge in [0.05, 0.1) is 0 Å². The normalized spacial score (nSPS) is 36.2. The van der Waals surface area contributed by atoms with Crippen molar-refractivity contribution < 1.29 is 0 Å². The minimum Gasteiger partial charge on any atom is -0.131 e. The van der Waals surface area contributed by atoms with Gasteiger partial charge in [-0.1, -0.05) is 19.9 Å². The van der Waals surface area contributed by atoms with Gasteiger partial charge in [-0.3, -0.25) is 0 Å². The van der Waals surface area contributed by atoms with E-state index in [-0.39, 0.29) is 0 Å². The maximum Gasteiger partial charge on any atom is 0.0123 e. The first-order chi connectivity index (χ1) is 3.84. The van der Waals surface area contributed by atoms with Gasteiger partial charge >= 0.3 is 0 Å². The molecule has 1 heteroatoms. The van der Waals surface area contributed by atoms with Crippen molar-refractivity contribution in [2.24, 2.45) is 5.92 Å². The molecule has 8 heavy (non-hydrogen) atoms. The van der Waals surface area contributed by atoms with Crippen molar-refractivity contribution in [2.75, 3.05) is 0 Å². The number of rotatable bonds is 1. The first-order valence-electron chi connectivity index (χ1n) is 3.16. The molecule has 0 aromatic heterocycles. The third kappa shape index (κ3) is 1.08. The standard InChI is InChI=1S/C7H12S/c1-3-7-4-5-8-6(7)2/h4-7H,3H2,1-2H3. The van der Waals surface area contributed by atoms with E-state index in [1.54, 1.807) is 0 Å². The van der Waals surface area contributed by atoms with E-state index in [9.17, 15) is 0 Å². The summed E-state index contributed by atoms with van der Waals surface area (Å²) in [7, 11) is 0. The van der Waals surface area contributed by atoms with Crippen LogP contribution in [0.1, 0.15) is 20.3 Å². The molecule has 0 aliphatic carbocycles. The second kappa shape index (κ2) is 2.58. The predicted molar refractivity (Wildman–Crippen MR) is 40.0 cm³/mol. The summed E-state index contributed by atoms with van der Waals surface area (Å²) in [4.78, 5) is 0. The summed E-state index contributed by atoms with van der Waals surface area (Å²) in [5.74, 6) is 0.847. The summed E-state index contributed by atoms with van der Waals surface area (Å²) in [6.45, 7) is 4.54. The maximum absolute atomic E-state index is 2.31. The minimum absolute atomic E-state index is 0.833. The fourth-order valence-corrected chi connectivity index (χ4v) is 2.02. The van der Waals surface area contributed by atoms with E-state index in [2.05, 4.69) is 25.3 Å². The van der Waals surface area contributed by atoms with Gasteiger partial charge in [0.2, 0.25) is 0 Å². The highest BCUT2D eigenvalue weighted by atomic mass is 32.2. The highest BCUT2D eigenvalue weighted by Crippen LogP contribution is 2.30. The summed E-state index contributed by atoms with van der Waals surface area (Å²) in [5.41, 5.74) is 0. The van der Waals surface area contributed by atoms with Gasteiger partial charge in [-0.25, -0.2) is 0 Å². The van der Waals surface area contributed by atoms with Crippen LogP contribution in [0.2, 0.25) is 0 Å². The van der Waals surface area contributed by atoms with Crippen molar-refractivity contribution in [3.8, 4) is 0 Å². The fourth-order valence-electron chi connectivity index (χ4n) is 0.996. The molecule has 0 spiro atoms. The van der Waals surface area contributed by atoms with Crippen molar-refractivity contribution in [3.63, 3.8) is 0 Å². The van der Waals surface area contributed by atoms with E-state index in [4.69, 9.17) is 0 Å². The largest absolute Gasteiger partial charge is 0.131 e. The van der Waals surface area contributed by atoms with Gasteiger partial charge in [0.25, 0.3) is 0 Å². The van der Waals surface area contributed by atoms with Gasteiger partial charge in [-0.2, -0.15) is 0 Å². The van der Waals surface area contributed by atoms with Gasteiger partial charge in [0.15, 0.2) is 0 Å².